The molecule has 0 aliphatic carbocycles. The minimum atomic E-state index is -0.958. The number of fused-ring (bicyclic) bond motifs is 1. The number of hydrogen-bond acceptors (Lipinski definition) is 4. The first-order chi connectivity index (χ1) is 10.0. The molecule has 2 N–H and O–H groups in total. The van der Waals surface area contributed by atoms with Gasteiger partial charge in [0.2, 0.25) is 0 Å². The van der Waals surface area contributed by atoms with E-state index >= 15 is 0 Å². The Bertz CT molecular complexity index is 629. The van der Waals surface area contributed by atoms with E-state index in [9.17, 15) is 15.0 Å². The van der Waals surface area contributed by atoms with Crippen LogP contribution in [0.3, 0.4) is 0 Å². The van der Waals surface area contributed by atoms with Crippen LogP contribution in [-0.2, 0) is 11.2 Å². The molecule has 1 fully saturated rings. The Labute approximate surface area is 132 Å². The third-order valence-electron chi connectivity index (χ3n) is 3.86. The summed E-state index contributed by atoms with van der Waals surface area (Å²) in [5.74, 6) is -1.13. The zero-order valence-electron chi connectivity index (χ0n) is 11.4. The second-order valence-corrected chi connectivity index (χ2v) is 6.96. The van der Waals surface area contributed by atoms with Gasteiger partial charge in [0.25, 0.3) is 0 Å². The number of hydrogen-bond donors (Lipinski definition) is 2. The number of benzene rings is 1. The van der Waals surface area contributed by atoms with Crippen molar-refractivity contribution in [3.05, 3.63) is 46.5 Å². The lowest BCUT2D eigenvalue weighted by Crippen LogP contribution is -2.60. The summed E-state index contributed by atoms with van der Waals surface area (Å²) in [7, 11) is 0. The quantitative estimate of drug-likeness (QED) is 0.830. The van der Waals surface area contributed by atoms with Gasteiger partial charge >= 0.3 is 5.97 Å². The van der Waals surface area contributed by atoms with Crippen LogP contribution in [-0.4, -0.2) is 37.5 Å². The lowest BCUT2D eigenvalue weighted by Gasteiger charge is -2.47. The maximum absolute atomic E-state index is 11.3. The van der Waals surface area contributed by atoms with Crippen molar-refractivity contribution >= 4 is 34.9 Å². The van der Waals surface area contributed by atoms with Crippen molar-refractivity contribution in [1.29, 1.82) is 0 Å². The molecule has 1 saturated heterocycles. The van der Waals surface area contributed by atoms with E-state index in [4.69, 9.17) is 12.2 Å². The van der Waals surface area contributed by atoms with E-state index in [0.717, 1.165) is 10.5 Å². The van der Waals surface area contributed by atoms with Gasteiger partial charge in [-0.2, -0.15) is 0 Å². The van der Waals surface area contributed by atoms with Crippen molar-refractivity contribution in [3.63, 3.8) is 0 Å². The summed E-state index contributed by atoms with van der Waals surface area (Å²) in [6.07, 6.45) is -0.0625. The van der Waals surface area contributed by atoms with Crippen molar-refractivity contribution in [2.45, 2.75) is 24.8 Å². The average molecular weight is 321 g/mol. The van der Waals surface area contributed by atoms with Crippen LogP contribution in [0, 0.1) is 5.92 Å². The SMILES string of the molecule is CC1=C(C(=O)O)N2C(=S)[C@@H](C(O)Cc3ccccc3)[C@H]2S1. The van der Waals surface area contributed by atoms with Crippen molar-refractivity contribution in [2.75, 3.05) is 0 Å². The van der Waals surface area contributed by atoms with Crippen molar-refractivity contribution in [3.8, 4) is 0 Å². The van der Waals surface area contributed by atoms with Crippen LogP contribution in [0.15, 0.2) is 40.9 Å². The molecule has 2 aliphatic rings. The number of aliphatic hydroxyl groups is 1. The fourth-order valence-electron chi connectivity index (χ4n) is 2.85. The predicted octanol–water partition coefficient (Wildman–Crippen LogP) is 2.24. The average Bonchev–Trinajstić information content (AvgIpc) is 2.73. The van der Waals surface area contributed by atoms with Gasteiger partial charge in [-0.15, -0.1) is 11.8 Å². The first-order valence-corrected chi connectivity index (χ1v) is 7.95. The molecule has 0 saturated carbocycles. The standard InChI is InChI=1S/C15H15NO3S2/c1-8-12(15(18)19)16-13(20)11(14(16)21-8)10(17)7-9-5-3-2-4-6-9/h2-6,10-11,14,17H,7H2,1H3,(H,18,19)/t10?,11-,14-/m1/s1. The second-order valence-electron chi connectivity index (χ2n) is 5.21. The van der Waals surface area contributed by atoms with E-state index in [0.29, 0.717) is 11.4 Å². The number of aliphatic carboxylic acids is 1. The fraction of sp³-hybridized carbons (Fsp3) is 0.333. The van der Waals surface area contributed by atoms with Crippen molar-refractivity contribution in [1.82, 2.24) is 4.90 Å². The van der Waals surface area contributed by atoms with Gasteiger partial charge < -0.3 is 15.1 Å². The monoisotopic (exact) mass is 321 g/mol. The molecule has 3 atom stereocenters. The molecule has 0 bridgehead atoms. The molecule has 1 aromatic rings. The molecule has 0 aromatic heterocycles. The largest absolute Gasteiger partial charge is 0.477 e. The van der Waals surface area contributed by atoms with Crippen LogP contribution in [0.1, 0.15) is 12.5 Å². The number of carboxylic acids is 1. The van der Waals surface area contributed by atoms with E-state index in [-0.39, 0.29) is 17.0 Å². The smallest absolute Gasteiger partial charge is 0.353 e. The van der Waals surface area contributed by atoms with Crippen molar-refractivity contribution < 1.29 is 15.0 Å². The number of aliphatic hydroxyl groups excluding tert-OH is 1. The van der Waals surface area contributed by atoms with E-state index in [1.165, 1.54) is 11.8 Å². The predicted molar refractivity (Wildman–Crippen MR) is 85.8 cm³/mol. The zero-order valence-corrected chi connectivity index (χ0v) is 13.0. The third kappa shape index (κ3) is 2.37. The van der Waals surface area contributed by atoms with E-state index in [2.05, 4.69) is 0 Å². The summed E-state index contributed by atoms with van der Waals surface area (Å²) in [6, 6.07) is 9.75. The summed E-state index contributed by atoms with van der Waals surface area (Å²) < 4.78 is 0. The normalized spacial score (nSPS) is 25.6. The molecule has 6 heteroatoms. The summed E-state index contributed by atoms with van der Waals surface area (Å²) in [4.78, 5) is 14.2. The molecule has 2 heterocycles. The highest BCUT2D eigenvalue weighted by molar-refractivity contribution is 8.04. The third-order valence-corrected chi connectivity index (χ3v) is 5.62. The van der Waals surface area contributed by atoms with Crippen LogP contribution in [0.25, 0.3) is 0 Å². The Balaban J connectivity index is 1.73. The zero-order chi connectivity index (χ0) is 15.1. The van der Waals surface area contributed by atoms with Crippen LogP contribution < -0.4 is 0 Å². The minimum absolute atomic E-state index is 0.0812. The van der Waals surface area contributed by atoms with Gasteiger partial charge in [-0.05, 0) is 18.9 Å². The molecule has 4 nitrogen and oxygen atoms in total. The highest BCUT2D eigenvalue weighted by atomic mass is 32.2. The number of rotatable bonds is 4. The molecule has 3 rings (SSSR count). The first kappa shape index (κ1) is 14.6. The van der Waals surface area contributed by atoms with Gasteiger partial charge in [-0.25, -0.2) is 4.79 Å². The number of thioether (sulfide) groups is 1. The maximum Gasteiger partial charge on any atom is 0.353 e. The van der Waals surface area contributed by atoms with Gasteiger partial charge in [0.15, 0.2) is 0 Å². The molecule has 21 heavy (non-hydrogen) atoms. The number of carbonyl (C=O) groups is 1. The first-order valence-electron chi connectivity index (χ1n) is 6.66. The molecule has 1 unspecified atom stereocenters. The summed E-state index contributed by atoms with van der Waals surface area (Å²) in [6.45, 7) is 1.79. The summed E-state index contributed by atoms with van der Waals surface area (Å²) in [5, 5.41) is 19.6. The number of thiocarbonyl (C=S) groups is 1. The molecule has 2 aliphatic heterocycles. The number of nitrogens with zero attached hydrogens (tertiary/aromatic N) is 1. The molecule has 0 radical (unpaired) electrons. The Kier molecular flexibility index (Phi) is 3.77. The van der Waals surface area contributed by atoms with E-state index in [1.807, 2.05) is 30.3 Å². The molecule has 0 amide bonds. The van der Waals surface area contributed by atoms with Gasteiger partial charge in [0.1, 0.15) is 5.70 Å². The van der Waals surface area contributed by atoms with Crippen LogP contribution in [0.2, 0.25) is 0 Å². The molecule has 110 valence electrons. The van der Waals surface area contributed by atoms with Crippen LogP contribution >= 0.6 is 24.0 Å². The molecular formula is C15H15NO3S2. The number of allylic oxidation sites excluding steroid dienone is 1. The lowest BCUT2D eigenvalue weighted by molar-refractivity contribution is -0.134. The van der Waals surface area contributed by atoms with Gasteiger partial charge in [0.05, 0.1) is 22.4 Å². The van der Waals surface area contributed by atoms with Crippen molar-refractivity contribution in [2.24, 2.45) is 5.92 Å². The molecular weight excluding hydrogens is 306 g/mol. The fourth-order valence-corrected chi connectivity index (χ4v) is 4.93. The number of carboxylic acid groups (broad SMARTS) is 1. The Morgan fingerprint density at radius 1 is 1.43 bits per heavy atom. The summed E-state index contributed by atoms with van der Waals surface area (Å²) in [5.41, 5.74) is 1.32. The van der Waals surface area contributed by atoms with Crippen LogP contribution in [0.4, 0.5) is 0 Å². The van der Waals surface area contributed by atoms with E-state index < -0.39 is 12.1 Å². The minimum Gasteiger partial charge on any atom is -0.477 e. The Morgan fingerprint density at radius 2 is 2.10 bits per heavy atom. The molecule has 1 aromatic carbocycles. The van der Waals surface area contributed by atoms with Gasteiger partial charge in [0, 0.05) is 4.91 Å². The summed E-state index contributed by atoms with van der Waals surface area (Å²) >= 11 is 6.82. The molecule has 0 spiro atoms. The second kappa shape index (κ2) is 5.44. The highest BCUT2D eigenvalue weighted by Crippen LogP contribution is 2.50. The topological polar surface area (TPSA) is 60.8 Å². The van der Waals surface area contributed by atoms with E-state index in [1.54, 1.807) is 11.8 Å². The Morgan fingerprint density at radius 3 is 2.71 bits per heavy atom. The highest BCUT2D eigenvalue weighted by Gasteiger charge is 2.54. The van der Waals surface area contributed by atoms with Crippen LogP contribution in [0.5, 0.6) is 0 Å². The lowest BCUT2D eigenvalue weighted by atomic mass is 9.88. The Hall–Kier alpha value is -1.37. The van der Waals surface area contributed by atoms with Gasteiger partial charge in [-0.3, -0.25) is 0 Å². The van der Waals surface area contributed by atoms with Gasteiger partial charge in [-0.1, -0.05) is 42.5 Å². The maximum atomic E-state index is 11.3.